The van der Waals surface area contributed by atoms with Crippen LogP contribution in [-0.2, 0) is 0 Å². The highest BCUT2D eigenvalue weighted by atomic mass is 16.5. The number of nitrogens with zero attached hydrogens (tertiary/aromatic N) is 1. The molecule has 1 aliphatic heterocycles. The first-order chi connectivity index (χ1) is 13.2. The van der Waals surface area contributed by atoms with Gasteiger partial charge in [0.15, 0.2) is 0 Å². The smallest absolute Gasteiger partial charge is 0.121 e. The Morgan fingerprint density at radius 1 is 1.00 bits per heavy atom. The molecule has 27 heavy (non-hydrogen) atoms. The van der Waals surface area contributed by atoms with E-state index in [1.807, 2.05) is 30.3 Å². The van der Waals surface area contributed by atoms with Gasteiger partial charge in [-0.3, -0.25) is 4.90 Å². The van der Waals surface area contributed by atoms with Gasteiger partial charge in [-0.2, -0.15) is 0 Å². The quantitative estimate of drug-likeness (QED) is 0.677. The maximum Gasteiger partial charge on any atom is 0.121 e. The van der Waals surface area contributed by atoms with Crippen molar-refractivity contribution < 1.29 is 9.84 Å². The zero-order valence-corrected chi connectivity index (χ0v) is 16.1. The van der Waals surface area contributed by atoms with Gasteiger partial charge < -0.3 is 9.84 Å². The van der Waals surface area contributed by atoms with Crippen molar-refractivity contribution in [2.45, 2.75) is 25.8 Å². The van der Waals surface area contributed by atoms with Crippen LogP contribution in [0.2, 0.25) is 0 Å². The number of hydrogen-bond acceptors (Lipinski definition) is 3. The van der Waals surface area contributed by atoms with Gasteiger partial charge in [0.05, 0.1) is 13.2 Å². The van der Waals surface area contributed by atoms with Crippen molar-refractivity contribution in [2.75, 3.05) is 20.2 Å². The van der Waals surface area contributed by atoms with Crippen LogP contribution in [-0.4, -0.2) is 30.2 Å². The van der Waals surface area contributed by atoms with Crippen molar-refractivity contribution in [2.24, 2.45) is 5.92 Å². The predicted octanol–water partition coefficient (Wildman–Crippen LogP) is 5.38. The molecule has 1 heterocycles. The van der Waals surface area contributed by atoms with Crippen molar-refractivity contribution in [1.82, 2.24) is 4.90 Å². The Bertz CT molecular complexity index is 914. The summed E-state index contributed by atoms with van der Waals surface area (Å²) in [5.74, 6) is 1.93. The molecule has 1 atom stereocenters. The lowest BCUT2D eigenvalue weighted by atomic mass is 9.89. The number of benzene rings is 3. The van der Waals surface area contributed by atoms with Gasteiger partial charge in [0.25, 0.3) is 0 Å². The molecule has 3 aromatic carbocycles. The van der Waals surface area contributed by atoms with Crippen LogP contribution in [0.5, 0.6) is 11.5 Å². The Morgan fingerprint density at radius 3 is 2.41 bits per heavy atom. The van der Waals surface area contributed by atoms with E-state index in [1.165, 1.54) is 18.4 Å². The van der Waals surface area contributed by atoms with Crippen molar-refractivity contribution >= 4 is 10.8 Å². The maximum atomic E-state index is 10.9. The fourth-order valence-corrected chi connectivity index (χ4v) is 4.21. The number of methoxy groups -OCH3 is 1. The lowest BCUT2D eigenvalue weighted by Crippen LogP contribution is -2.36. The van der Waals surface area contributed by atoms with E-state index in [9.17, 15) is 5.11 Å². The molecule has 0 bridgehead atoms. The summed E-state index contributed by atoms with van der Waals surface area (Å²) in [6.07, 6.45) is 2.39. The number of ether oxygens (including phenoxy) is 1. The summed E-state index contributed by atoms with van der Waals surface area (Å²) in [5.41, 5.74) is 2.20. The number of likely N-dealkylation sites (tertiary alicyclic amines) is 1. The topological polar surface area (TPSA) is 32.7 Å². The fraction of sp³-hybridized carbons (Fsp3) is 0.333. The average molecular weight is 361 g/mol. The second-order valence-corrected chi connectivity index (χ2v) is 7.62. The van der Waals surface area contributed by atoms with E-state index in [1.54, 1.807) is 7.11 Å². The summed E-state index contributed by atoms with van der Waals surface area (Å²) in [4.78, 5) is 2.52. The molecular weight excluding hydrogens is 334 g/mol. The molecular formula is C24H27NO2. The molecule has 3 aromatic rings. The fourth-order valence-electron chi connectivity index (χ4n) is 4.21. The number of hydrogen-bond donors (Lipinski definition) is 1. The van der Waals surface area contributed by atoms with Crippen molar-refractivity contribution in [3.8, 4) is 11.5 Å². The Labute approximate surface area is 161 Å². The van der Waals surface area contributed by atoms with Crippen LogP contribution < -0.4 is 4.74 Å². The SMILES string of the molecule is COc1ccc2ccc(O)c(C(c3ccccc3)N3CCC(C)CC3)c2c1. The zero-order chi connectivity index (χ0) is 18.8. The minimum atomic E-state index is 0.0366. The van der Waals surface area contributed by atoms with E-state index in [-0.39, 0.29) is 6.04 Å². The summed E-state index contributed by atoms with van der Waals surface area (Å²) in [6, 6.07) is 20.5. The van der Waals surface area contributed by atoms with E-state index in [2.05, 4.69) is 42.2 Å². The number of fused-ring (bicyclic) bond motifs is 1. The normalized spacial score (nSPS) is 17.1. The first kappa shape index (κ1) is 17.9. The molecule has 0 spiro atoms. The van der Waals surface area contributed by atoms with E-state index < -0.39 is 0 Å². The number of phenolic OH excluding ortho intramolecular Hbond substituents is 1. The highest BCUT2D eigenvalue weighted by Gasteiger charge is 2.29. The number of piperidine rings is 1. The standard InChI is InChI=1S/C24H27NO2/c1-17-12-14-25(15-13-17)24(19-6-4-3-5-7-19)23-21-16-20(27-2)10-8-18(21)9-11-22(23)26/h3-11,16-17,24,26H,12-15H2,1-2H3. The number of aromatic hydroxyl groups is 1. The monoisotopic (exact) mass is 361 g/mol. The maximum absolute atomic E-state index is 10.9. The predicted molar refractivity (Wildman–Crippen MR) is 110 cm³/mol. The van der Waals surface area contributed by atoms with E-state index >= 15 is 0 Å². The third-order valence-corrected chi connectivity index (χ3v) is 5.82. The van der Waals surface area contributed by atoms with Gasteiger partial charge >= 0.3 is 0 Å². The number of rotatable bonds is 4. The van der Waals surface area contributed by atoms with Gasteiger partial charge in [0.1, 0.15) is 11.5 Å². The first-order valence-corrected chi connectivity index (χ1v) is 9.76. The van der Waals surface area contributed by atoms with Crippen LogP contribution in [0.1, 0.15) is 36.9 Å². The van der Waals surface area contributed by atoms with Crippen LogP contribution in [0.15, 0.2) is 60.7 Å². The van der Waals surface area contributed by atoms with Gasteiger partial charge in [-0.25, -0.2) is 0 Å². The molecule has 0 amide bonds. The van der Waals surface area contributed by atoms with Gasteiger partial charge in [-0.15, -0.1) is 0 Å². The van der Waals surface area contributed by atoms with Gasteiger partial charge in [-0.05, 0) is 66.4 Å². The Balaban J connectivity index is 1.90. The van der Waals surface area contributed by atoms with Crippen molar-refractivity contribution in [3.63, 3.8) is 0 Å². The van der Waals surface area contributed by atoms with E-state index in [4.69, 9.17) is 4.74 Å². The Hall–Kier alpha value is -2.52. The molecule has 0 aromatic heterocycles. The summed E-state index contributed by atoms with van der Waals surface area (Å²) in [5, 5.41) is 13.1. The third kappa shape index (κ3) is 3.52. The average Bonchev–Trinajstić information content (AvgIpc) is 2.71. The van der Waals surface area contributed by atoms with Crippen molar-refractivity contribution in [1.29, 1.82) is 0 Å². The summed E-state index contributed by atoms with van der Waals surface area (Å²) >= 11 is 0. The minimum absolute atomic E-state index is 0.0366. The zero-order valence-electron chi connectivity index (χ0n) is 16.1. The molecule has 140 valence electrons. The summed E-state index contributed by atoms with van der Waals surface area (Å²) in [7, 11) is 1.68. The number of phenols is 1. The molecule has 1 saturated heterocycles. The van der Waals surface area contributed by atoms with Crippen LogP contribution >= 0.6 is 0 Å². The van der Waals surface area contributed by atoms with Crippen LogP contribution in [0, 0.1) is 5.92 Å². The van der Waals surface area contributed by atoms with Gasteiger partial charge in [0.2, 0.25) is 0 Å². The highest BCUT2D eigenvalue weighted by molar-refractivity contribution is 5.89. The largest absolute Gasteiger partial charge is 0.508 e. The summed E-state index contributed by atoms with van der Waals surface area (Å²) < 4.78 is 5.47. The van der Waals surface area contributed by atoms with Gasteiger partial charge in [-0.1, -0.05) is 49.4 Å². The Kier molecular flexibility index (Phi) is 5.04. The lowest BCUT2D eigenvalue weighted by molar-refractivity contribution is 0.156. The first-order valence-electron chi connectivity index (χ1n) is 9.76. The van der Waals surface area contributed by atoms with Gasteiger partial charge in [0, 0.05) is 5.56 Å². The van der Waals surface area contributed by atoms with E-state index in [0.29, 0.717) is 5.75 Å². The molecule has 3 heteroatoms. The third-order valence-electron chi connectivity index (χ3n) is 5.82. The molecule has 0 aliphatic carbocycles. The van der Waals surface area contributed by atoms with Crippen LogP contribution in [0.25, 0.3) is 10.8 Å². The van der Waals surface area contributed by atoms with Crippen LogP contribution in [0.3, 0.4) is 0 Å². The lowest BCUT2D eigenvalue weighted by Gasteiger charge is -2.38. The van der Waals surface area contributed by atoms with Crippen LogP contribution in [0.4, 0.5) is 0 Å². The van der Waals surface area contributed by atoms with Crippen molar-refractivity contribution in [3.05, 3.63) is 71.8 Å². The molecule has 0 radical (unpaired) electrons. The summed E-state index contributed by atoms with van der Waals surface area (Å²) in [6.45, 7) is 4.41. The molecule has 1 aliphatic rings. The molecule has 1 N–H and O–H groups in total. The minimum Gasteiger partial charge on any atom is -0.508 e. The second-order valence-electron chi connectivity index (χ2n) is 7.62. The molecule has 4 rings (SSSR count). The molecule has 1 fully saturated rings. The van der Waals surface area contributed by atoms with E-state index in [0.717, 1.165) is 41.1 Å². The second kappa shape index (κ2) is 7.61. The Morgan fingerprint density at radius 2 is 1.70 bits per heavy atom. The highest BCUT2D eigenvalue weighted by Crippen LogP contribution is 2.41. The molecule has 0 saturated carbocycles. The molecule has 3 nitrogen and oxygen atoms in total. The molecule has 1 unspecified atom stereocenters.